The molecule has 0 aliphatic carbocycles. The van der Waals surface area contributed by atoms with Crippen LogP contribution in [0.3, 0.4) is 0 Å². The van der Waals surface area contributed by atoms with E-state index in [1.54, 1.807) is 23.1 Å². The fourth-order valence-corrected chi connectivity index (χ4v) is 6.30. The molecule has 2 heterocycles. The third kappa shape index (κ3) is 4.27. The Morgan fingerprint density at radius 2 is 1.58 bits per heavy atom. The molecule has 33 heavy (non-hydrogen) atoms. The second-order valence-electron chi connectivity index (χ2n) is 7.90. The molecule has 3 aromatic carbocycles. The largest absolute Gasteiger partial charge is 0.336 e. The van der Waals surface area contributed by atoms with Crippen molar-refractivity contribution < 1.29 is 13.2 Å². The zero-order valence-electron chi connectivity index (χ0n) is 17.8. The highest BCUT2D eigenvalue weighted by atomic mass is 32.2. The minimum Gasteiger partial charge on any atom is -0.336 e. The van der Waals surface area contributed by atoms with E-state index in [2.05, 4.69) is 8.75 Å². The van der Waals surface area contributed by atoms with Crippen LogP contribution in [0.4, 0.5) is 0 Å². The lowest BCUT2D eigenvalue weighted by Crippen LogP contribution is -2.50. The van der Waals surface area contributed by atoms with E-state index < -0.39 is 10.0 Å². The number of hydrogen-bond acceptors (Lipinski definition) is 6. The second kappa shape index (κ2) is 9.01. The number of amides is 1. The summed E-state index contributed by atoms with van der Waals surface area (Å²) in [5.41, 5.74) is 3.74. The van der Waals surface area contributed by atoms with E-state index in [1.807, 2.05) is 54.6 Å². The highest BCUT2D eigenvalue weighted by molar-refractivity contribution is 7.89. The lowest BCUT2D eigenvalue weighted by molar-refractivity contribution is 0.0697. The predicted molar refractivity (Wildman–Crippen MR) is 128 cm³/mol. The van der Waals surface area contributed by atoms with E-state index in [4.69, 9.17) is 0 Å². The highest BCUT2D eigenvalue weighted by Gasteiger charge is 2.32. The first-order valence-corrected chi connectivity index (χ1v) is 12.8. The number of sulfonamides is 1. The molecule has 1 amide bonds. The highest BCUT2D eigenvalue weighted by Crippen LogP contribution is 2.26. The van der Waals surface area contributed by atoms with Crippen LogP contribution in [0.1, 0.15) is 21.5 Å². The summed E-state index contributed by atoms with van der Waals surface area (Å²) in [6, 6.07) is 22.7. The summed E-state index contributed by atoms with van der Waals surface area (Å²) in [7, 11) is -3.72. The van der Waals surface area contributed by atoms with Crippen molar-refractivity contribution in [2.24, 2.45) is 0 Å². The average molecular weight is 479 g/mol. The molecule has 1 aromatic heterocycles. The number of nitrogens with zero attached hydrogens (tertiary/aromatic N) is 4. The number of benzene rings is 3. The molecule has 9 heteroatoms. The summed E-state index contributed by atoms with van der Waals surface area (Å²) in [6.45, 7) is 1.15. The van der Waals surface area contributed by atoms with Crippen LogP contribution in [-0.2, 0) is 16.4 Å². The van der Waals surface area contributed by atoms with E-state index >= 15 is 0 Å². The minimum absolute atomic E-state index is 0.0654. The molecule has 1 saturated heterocycles. The van der Waals surface area contributed by atoms with Gasteiger partial charge in [-0.2, -0.15) is 13.1 Å². The average Bonchev–Trinajstić information content (AvgIpc) is 3.34. The summed E-state index contributed by atoms with van der Waals surface area (Å²) in [6.07, 6.45) is 0.669. The lowest BCUT2D eigenvalue weighted by Gasteiger charge is -2.34. The SMILES string of the molecule is O=C(c1ccccc1Cc1ccccc1)N1CCN(S(=O)(=O)c2cccc3nsnc23)CC1. The Kier molecular flexibility index (Phi) is 5.92. The Bertz CT molecular complexity index is 1400. The quantitative estimate of drug-likeness (QED) is 0.439. The smallest absolute Gasteiger partial charge is 0.254 e. The first-order chi connectivity index (χ1) is 16.0. The van der Waals surface area contributed by atoms with E-state index in [1.165, 1.54) is 4.31 Å². The Hall–Kier alpha value is -3.14. The summed E-state index contributed by atoms with van der Waals surface area (Å²) in [5, 5.41) is 0. The first-order valence-electron chi connectivity index (χ1n) is 10.7. The van der Waals surface area contributed by atoms with Gasteiger partial charge in [0.2, 0.25) is 10.0 Å². The Balaban J connectivity index is 1.32. The van der Waals surface area contributed by atoms with Crippen molar-refractivity contribution >= 4 is 38.7 Å². The van der Waals surface area contributed by atoms with E-state index in [0.717, 1.165) is 22.9 Å². The Labute approximate surface area is 196 Å². The van der Waals surface area contributed by atoms with Crippen molar-refractivity contribution in [1.29, 1.82) is 0 Å². The number of carbonyl (C=O) groups excluding carboxylic acids is 1. The molecule has 1 aliphatic rings. The number of piperazine rings is 1. The molecule has 1 aliphatic heterocycles. The van der Waals surface area contributed by atoms with Crippen molar-refractivity contribution in [2.45, 2.75) is 11.3 Å². The minimum atomic E-state index is -3.72. The van der Waals surface area contributed by atoms with Gasteiger partial charge in [0, 0.05) is 31.7 Å². The molecular weight excluding hydrogens is 456 g/mol. The maximum atomic E-state index is 13.3. The fraction of sp³-hybridized carbons (Fsp3) is 0.208. The van der Waals surface area contributed by atoms with Gasteiger partial charge in [0.25, 0.3) is 5.91 Å². The topological polar surface area (TPSA) is 83.5 Å². The normalized spacial score (nSPS) is 15.1. The third-order valence-corrected chi connectivity index (χ3v) is 8.35. The van der Waals surface area contributed by atoms with Gasteiger partial charge in [0.05, 0.1) is 11.7 Å². The van der Waals surface area contributed by atoms with Gasteiger partial charge in [-0.15, -0.1) is 0 Å². The molecule has 0 N–H and O–H groups in total. The molecule has 0 unspecified atom stereocenters. The monoisotopic (exact) mass is 478 g/mol. The zero-order chi connectivity index (χ0) is 22.8. The van der Waals surface area contributed by atoms with Crippen molar-refractivity contribution in [3.05, 3.63) is 89.5 Å². The summed E-state index contributed by atoms with van der Waals surface area (Å²) in [4.78, 5) is 15.2. The number of hydrogen-bond donors (Lipinski definition) is 0. The van der Waals surface area contributed by atoms with Gasteiger partial charge in [0.1, 0.15) is 15.9 Å². The van der Waals surface area contributed by atoms with Gasteiger partial charge in [-0.25, -0.2) is 8.42 Å². The van der Waals surface area contributed by atoms with Crippen molar-refractivity contribution in [3.8, 4) is 0 Å². The standard InChI is InChI=1S/C24H22N4O3S2/c29-24(20-10-5-4-9-19(20)17-18-7-2-1-3-8-18)27-13-15-28(16-14-27)33(30,31)22-12-6-11-21-23(22)26-32-25-21/h1-12H,13-17H2. The molecule has 4 aromatic rings. The van der Waals surface area contributed by atoms with E-state index in [9.17, 15) is 13.2 Å². The first kappa shape index (κ1) is 21.7. The van der Waals surface area contributed by atoms with E-state index in [-0.39, 0.29) is 23.9 Å². The Morgan fingerprint density at radius 3 is 2.36 bits per heavy atom. The number of aromatic nitrogens is 2. The third-order valence-electron chi connectivity index (χ3n) is 5.88. The number of fused-ring (bicyclic) bond motifs is 1. The van der Waals surface area contributed by atoms with Gasteiger partial charge < -0.3 is 4.90 Å². The number of carbonyl (C=O) groups is 1. The van der Waals surface area contributed by atoms with Gasteiger partial charge in [0.15, 0.2) is 0 Å². The molecule has 0 bridgehead atoms. The van der Waals surface area contributed by atoms with Gasteiger partial charge in [-0.05, 0) is 35.7 Å². The van der Waals surface area contributed by atoms with Gasteiger partial charge in [-0.3, -0.25) is 4.79 Å². The molecular formula is C24H22N4O3S2. The summed E-state index contributed by atoms with van der Waals surface area (Å²) >= 11 is 0.998. The zero-order valence-corrected chi connectivity index (χ0v) is 19.4. The maximum Gasteiger partial charge on any atom is 0.254 e. The molecule has 7 nitrogen and oxygen atoms in total. The lowest BCUT2D eigenvalue weighted by atomic mass is 9.99. The van der Waals surface area contributed by atoms with Crippen LogP contribution in [0.15, 0.2) is 77.7 Å². The van der Waals surface area contributed by atoms with Crippen LogP contribution in [0, 0.1) is 0 Å². The summed E-state index contributed by atoms with van der Waals surface area (Å²) in [5.74, 6) is -0.0654. The number of rotatable bonds is 5. The van der Waals surface area contributed by atoms with Gasteiger partial charge in [-0.1, -0.05) is 54.6 Å². The molecule has 0 spiro atoms. The van der Waals surface area contributed by atoms with Crippen molar-refractivity contribution in [1.82, 2.24) is 18.0 Å². The molecule has 0 atom stereocenters. The molecule has 5 rings (SSSR count). The molecule has 0 radical (unpaired) electrons. The predicted octanol–water partition coefficient (Wildman–Crippen LogP) is 3.43. The van der Waals surface area contributed by atoms with Crippen molar-refractivity contribution in [2.75, 3.05) is 26.2 Å². The van der Waals surface area contributed by atoms with Crippen LogP contribution in [0.2, 0.25) is 0 Å². The fourth-order valence-electron chi connectivity index (χ4n) is 4.13. The van der Waals surface area contributed by atoms with Crippen LogP contribution in [0.5, 0.6) is 0 Å². The molecule has 0 saturated carbocycles. The maximum absolute atomic E-state index is 13.3. The van der Waals surface area contributed by atoms with Crippen LogP contribution in [-0.4, -0.2) is 58.5 Å². The Morgan fingerprint density at radius 1 is 0.848 bits per heavy atom. The molecule has 1 fully saturated rings. The van der Waals surface area contributed by atoms with Crippen LogP contribution in [0.25, 0.3) is 11.0 Å². The van der Waals surface area contributed by atoms with E-state index in [0.29, 0.717) is 36.1 Å². The molecule has 168 valence electrons. The van der Waals surface area contributed by atoms with Gasteiger partial charge >= 0.3 is 0 Å². The van der Waals surface area contributed by atoms with Crippen LogP contribution >= 0.6 is 11.7 Å². The van der Waals surface area contributed by atoms with Crippen LogP contribution < -0.4 is 0 Å². The second-order valence-corrected chi connectivity index (χ2v) is 10.3. The van der Waals surface area contributed by atoms with Crippen molar-refractivity contribution in [3.63, 3.8) is 0 Å². The summed E-state index contributed by atoms with van der Waals surface area (Å²) < 4.78 is 36.3.